The Bertz CT molecular complexity index is 782. The van der Waals surface area contributed by atoms with Gasteiger partial charge < -0.3 is 15.2 Å². The first-order chi connectivity index (χ1) is 13.1. The van der Waals surface area contributed by atoms with E-state index in [4.69, 9.17) is 9.84 Å². The van der Waals surface area contributed by atoms with Crippen LogP contribution in [0.2, 0.25) is 0 Å². The Kier molecular flexibility index (Phi) is 6.24. The van der Waals surface area contributed by atoms with Gasteiger partial charge in [0.15, 0.2) is 0 Å². The number of aromatic nitrogens is 2. The second-order valence-electron chi connectivity index (χ2n) is 6.80. The summed E-state index contributed by atoms with van der Waals surface area (Å²) in [6.45, 7) is 3.31. The Morgan fingerprint density at radius 1 is 1.30 bits per heavy atom. The molecule has 0 aliphatic carbocycles. The number of carboxylic acids is 1. The molecule has 27 heavy (non-hydrogen) atoms. The van der Waals surface area contributed by atoms with E-state index >= 15 is 0 Å². The summed E-state index contributed by atoms with van der Waals surface area (Å²) in [4.78, 5) is 23.8. The molecule has 1 amide bonds. The van der Waals surface area contributed by atoms with Crippen molar-refractivity contribution in [3.05, 3.63) is 53.3 Å². The molecular weight excluding hydrogens is 346 g/mol. The first-order valence-corrected chi connectivity index (χ1v) is 9.25. The fraction of sp³-hybridized carbons (Fsp3) is 0.450. The molecule has 7 heteroatoms. The quantitative estimate of drug-likeness (QED) is 0.781. The molecule has 2 aromatic rings. The Morgan fingerprint density at radius 3 is 2.67 bits per heavy atom. The van der Waals surface area contributed by atoms with Crippen LogP contribution in [0.4, 0.5) is 0 Å². The summed E-state index contributed by atoms with van der Waals surface area (Å²) in [5, 5.41) is 16.4. The van der Waals surface area contributed by atoms with Gasteiger partial charge >= 0.3 is 5.97 Å². The highest BCUT2D eigenvalue weighted by atomic mass is 16.5. The number of nitrogens with zero attached hydrogens (tertiary/aromatic N) is 2. The van der Waals surface area contributed by atoms with E-state index in [1.165, 1.54) is 0 Å². The lowest BCUT2D eigenvalue weighted by Gasteiger charge is -2.24. The van der Waals surface area contributed by atoms with Gasteiger partial charge in [0.2, 0.25) is 0 Å². The molecule has 1 aromatic heterocycles. The van der Waals surface area contributed by atoms with Crippen LogP contribution in [-0.4, -0.2) is 40.0 Å². The molecule has 2 N–H and O–H groups in total. The summed E-state index contributed by atoms with van der Waals surface area (Å²) < 4.78 is 7.30. The van der Waals surface area contributed by atoms with Crippen LogP contribution in [0.5, 0.6) is 0 Å². The van der Waals surface area contributed by atoms with Gasteiger partial charge in [0.05, 0.1) is 23.8 Å². The van der Waals surface area contributed by atoms with Crippen LogP contribution in [0, 0.1) is 6.92 Å². The number of ether oxygens (including phenoxy) is 1. The number of carboxylic acid groups (broad SMARTS) is 1. The summed E-state index contributed by atoms with van der Waals surface area (Å²) in [5.41, 5.74) is 2.24. The number of carbonyl (C=O) groups is 2. The third kappa shape index (κ3) is 4.74. The third-order valence-electron chi connectivity index (χ3n) is 4.98. The van der Waals surface area contributed by atoms with E-state index in [0.717, 1.165) is 24.1 Å². The Hall–Kier alpha value is -2.67. The van der Waals surface area contributed by atoms with Crippen molar-refractivity contribution in [1.29, 1.82) is 0 Å². The third-order valence-corrected chi connectivity index (χ3v) is 4.98. The van der Waals surface area contributed by atoms with E-state index in [-0.39, 0.29) is 24.4 Å². The van der Waals surface area contributed by atoms with Crippen molar-refractivity contribution in [2.75, 3.05) is 13.2 Å². The molecule has 2 heterocycles. The molecule has 3 rings (SSSR count). The Balaban J connectivity index is 1.75. The van der Waals surface area contributed by atoms with Crippen molar-refractivity contribution >= 4 is 11.9 Å². The number of nitrogens with one attached hydrogen (secondary N) is 1. The van der Waals surface area contributed by atoms with E-state index in [9.17, 15) is 9.59 Å². The number of benzene rings is 1. The Labute approximate surface area is 158 Å². The lowest BCUT2D eigenvalue weighted by molar-refractivity contribution is -0.137. The molecule has 144 valence electrons. The van der Waals surface area contributed by atoms with Crippen LogP contribution in [0.3, 0.4) is 0 Å². The lowest BCUT2D eigenvalue weighted by atomic mass is 10.0. The molecule has 0 spiro atoms. The van der Waals surface area contributed by atoms with E-state index in [2.05, 4.69) is 10.4 Å². The van der Waals surface area contributed by atoms with Crippen molar-refractivity contribution in [2.45, 2.75) is 44.7 Å². The van der Waals surface area contributed by atoms with Gasteiger partial charge in [-0.2, -0.15) is 5.10 Å². The summed E-state index contributed by atoms with van der Waals surface area (Å²) in [5.74, 6) is -1.11. The first kappa shape index (κ1) is 19.1. The van der Waals surface area contributed by atoms with Crippen molar-refractivity contribution in [2.24, 2.45) is 0 Å². The minimum atomic E-state index is -0.881. The fourth-order valence-corrected chi connectivity index (χ4v) is 3.46. The molecule has 1 unspecified atom stereocenters. The van der Waals surface area contributed by atoms with E-state index in [1.54, 1.807) is 6.20 Å². The zero-order valence-electron chi connectivity index (χ0n) is 15.4. The number of hydrogen-bond donors (Lipinski definition) is 2. The minimum Gasteiger partial charge on any atom is -0.481 e. The fourth-order valence-electron chi connectivity index (χ4n) is 3.46. The summed E-state index contributed by atoms with van der Waals surface area (Å²) in [6.07, 6.45) is 3.68. The second-order valence-corrected chi connectivity index (χ2v) is 6.80. The monoisotopic (exact) mass is 371 g/mol. The number of rotatable bonds is 7. The molecule has 0 bridgehead atoms. The topological polar surface area (TPSA) is 93.5 Å². The van der Waals surface area contributed by atoms with E-state index in [0.29, 0.717) is 25.2 Å². The maximum Gasteiger partial charge on any atom is 0.303 e. The normalized spacial score (nSPS) is 16.0. The molecular formula is C20H25N3O4. The van der Waals surface area contributed by atoms with E-state index < -0.39 is 5.97 Å². The Morgan fingerprint density at radius 2 is 2.00 bits per heavy atom. The van der Waals surface area contributed by atoms with Gasteiger partial charge in [-0.25, -0.2) is 0 Å². The van der Waals surface area contributed by atoms with Crippen LogP contribution in [0.15, 0.2) is 36.5 Å². The molecule has 1 aliphatic heterocycles. The van der Waals surface area contributed by atoms with Gasteiger partial charge in [-0.15, -0.1) is 0 Å². The van der Waals surface area contributed by atoms with Gasteiger partial charge in [-0.3, -0.25) is 14.3 Å². The minimum absolute atomic E-state index is 0.0137. The van der Waals surface area contributed by atoms with Gasteiger partial charge in [0.1, 0.15) is 0 Å². The maximum atomic E-state index is 12.9. The number of amides is 1. The van der Waals surface area contributed by atoms with Gasteiger partial charge in [0, 0.05) is 25.3 Å². The predicted octanol–water partition coefficient (Wildman–Crippen LogP) is 2.88. The van der Waals surface area contributed by atoms with Gasteiger partial charge in [-0.05, 0) is 31.7 Å². The molecule has 0 saturated carbocycles. The van der Waals surface area contributed by atoms with Crippen LogP contribution in [0.1, 0.15) is 59.4 Å². The summed E-state index contributed by atoms with van der Waals surface area (Å²) >= 11 is 0. The SMILES string of the molecule is Cc1c(C(=O)NC(CCC(=O)O)c2ccccc2)cnn1C1CCOCC1. The average molecular weight is 371 g/mol. The lowest BCUT2D eigenvalue weighted by Crippen LogP contribution is -2.29. The zero-order valence-corrected chi connectivity index (χ0v) is 15.4. The standard InChI is InChI=1S/C20H25N3O4/c1-14-17(13-21-23(14)16-9-11-27-12-10-16)20(26)22-18(7-8-19(24)25)15-5-3-2-4-6-15/h2-6,13,16,18H,7-12H2,1H3,(H,22,26)(H,24,25). The predicted molar refractivity (Wildman–Crippen MR) is 99.6 cm³/mol. The van der Waals surface area contributed by atoms with Gasteiger partial charge in [0.25, 0.3) is 5.91 Å². The van der Waals surface area contributed by atoms with Crippen LogP contribution in [0.25, 0.3) is 0 Å². The average Bonchev–Trinajstić information content (AvgIpc) is 3.07. The number of aliphatic carboxylic acids is 1. The maximum absolute atomic E-state index is 12.9. The second kappa shape index (κ2) is 8.81. The number of carbonyl (C=O) groups excluding carboxylic acids is 1. The molecule has 1 saturated heterocycles. The highest BCUT2D eigenvalue weighted by Crippen LogP contribution is 2.24. The molecule has 7 nitrogen and oxygen atoms in total. The van der Waals surface area contributed by atoms with Crippen molar-refractivity contribution < 1.29 is 19.4 Å². The molecule has 1 atom stereocenters. The van der Waals surface area contributed by atoms with Crippen LogP contribution < -0.4 is 5.32 Å². The molecule has 1 fully saturated rings. The van der Waals surface area contributed by atoms with E-state index in [1.807, 2.05) is 41.9 Å². The first-order valence-electron chi connectivity index (χ1n) is 9.25. The highest BCUT2D eigenvalue weighted by molar-refractivity contribution is 5.95. The van der Waals surface area contributed by atoms with Crippen LogP contribution in [-0.2, 0) is 9.53 Å². The molecule has 1 aliphatic rings. The van der Waals surface area contributed by atoms with Crippen molar-refractivity contribution in [3.63, 3.8) is 0 Å². The van der Waals surface area contributed by atoms with Crippen LogP contribution >= 0.6 is 0 Å². The zero-order chi connectivity index (χ0) is 19.2. The van der Waals surface area contributed by atoms with Crippen molar-refractivity contribution in [3.8, 4) is 0 Å². The summed E-state index contributed by atoms with van der Waals surface area (Å²) in [7, 11) is 0. The smallest absolute Gasteiger partial charge is 0.303 e. The molecule has 1 aromatic carbocycles. The number of hydrogen-bond acceptors (Lipinski definition) is 4. The van der Waals surface area contributed by atoms with Crippen molar-refractivity contribution in [1.82, 2.24) is 15.1 Å². The largest absolute Gasteiger partial charge is 0.481 e. The summed E-state index contributed by atoms with van der Waals surface area (Å²) in [6, 6.07) is 9.32. The van der Waals surface area contributed by atoms with Gasteiger partial charge in [-0.1, -0.05) is 30.3 Å². The molecule has 0 radical (unpaired) electrons. The highest BCUT2D eigenvalue weighted by Gasteiger charge is 2.23.